The van der Waals surface area contributed by atoms with Crippen molar-refractivity contribution in [1.82, 2.24) is 4.98 Å². The van der Waals surface area contributed by atoms with Crippen LogP contribution < -0.4 is 4.90 Å². The molecule has 0 atom stereocenters. The molecule has 1 heterocycles. The van der Waals surface area contributed by atoms with Crippen molar-refractivity contribution in [2.45, 2.75) is 20.1 Å². The molecule has 0 aliphatic rings. The average Bonchev–Trinajstić information content (AvgIpc) is 2.86. The van der Waals surface area contributed by atoms with Crippen LogP contribution in [0.1, 0.15) is 18.2 Å². The second-order valence-corrected chi connectivity index (χ2v) is 3.78. The summed E-state index contributed by atoms with van der Waals surface area (Å²) in [6.07, 6.45) is 1.49. The zero-order chi connectivity index (χ0) is 12.1. The van der Waals surface area contributed by atoms with E-state index >= 15 is 0 Å². The highest BCUT2D eigenvalue weighted by Gasteiger charge is 2.11. The SMILES string of the molecule is CCN(Cc1ccccc1)c1nc(CO)co1. The van der Waals surface area contributed by atoms with Crippen LogP contribution >= 0.6 is 0 Å². The summed E-state index contributed by atoms with van der Waals surface area (Å²) in [5.74, 6) is 0. The molecule has 2 aromatic rings. The normalized spacial score (nSPS) is 10.5. The Balaban J connectivity index is 2.11. The van der Waals surface area contributed by atoms with Crippen molar-refractivity contribution in [3.8, 4) is 0 Å². The van der Waals surface area contributed by atoms with Crippen LogP contribution in [0.25, 0.3) is 0 Å². The topological polar surface area (TPSA) is 49.5 Å². The second-order valence-electron chi connectivity index (χ2n) is 3.78. The Labute approximate surface area is 101 Å². The van der Waals surface area contributed by atoms with Gasteiger partial charge in [0, 0.05) is 13.1 Å². The Morgan fingerprint density at radius 3 is 2.65 bits per heavy atom. The summed E-state index contributed by atoms with van der Waals surface area (Å²) in [6, 6.07) is 10.7. The molecule has 0 unspecified atom stereocenters. The first-order valence-corrected chi connectivity index (χ1v) is 5.67. The van der Waals surface area contributed by atoms with Gasteiger partial charge in [0.05, 0.1) is 6.61 Å². The van der Waals surface area contributed by atoms with Gasteiger partial charge in [-0.3, -0.25) is 0 Å². The molecule has 0 saturated carbocycles. The zero-order valence-corrected chi connectivity index (χ0v) is 9.84. The summed E-state index contributed by atoms with van der Waals surface area (Å²) in [5.41, 5.74) is 1.77. The summed E-state index contributed by atoms with van der Waals surface area (Å²) in [4.78, 5) is 6.23. The van der Waals surface area contributed by atoms with Crippen LogP contribution in [-0.4, -0.2) is 16.6 Å². The number of aromatic nitrogens is 1. The molecule has 0 radical (unpaired) electrons. The number of aliphatic hydroxyl groups excluding tert-OH is 1. The summed E-state index contributed by atoms with van der Waals surface area (Å²) < 4.78 is 5.34. The molecule has 4 heteroatoms. The van der Waals surface area contributed by atoms with Gasteiger partial charge in [-0.05, 0) is 12.5 Å². The predicted octanol–water partition coefficient (Wildman–Crippen LogP) is 2.19. The quantitative estimate of drug-likeness (QED) is 0.858. The molecule has 17 heavy (non-hydrogen) atoms. The maximum atomic E-state index is 8.95. The van der Waals surface area contributed by atoms with Crippen LogP contribution in [0.15, 0.2) is 41.0 Å². The van der Waals surface area contributed by atoms with Gasteiger partial charge in [0.2, 0.25) is 0 Å². The minimum atomic E-state index is -0.0909. The smallest absolute Gasteiger partial charge is 0.297 e. The van der Waals surface area contributed by atoms with Crippen molar-refractivity contribution >= 4 is 6.01 Å². The van der Waals surface area contributed by atoms with E-state index in [0.717, 1.165) is 13.1 Å². The van der Waals surface area contributed by atoms with Crippen molar-refractivity contribution in [3.05, 3.63) is 47.9 Å². The summed E-state index contributed by atoms with van der Waals surface area (Å²) >= 11 is 0. The Hall–Kier alpha value is -1.81. The lowest BCUT2D eigenvalue weighted by Crippen LogP contribution is -2.22. The van der Waals surface area contributed by atoms with Gasteiger partial charge >= 0.3 is 0 Å². The van der Waals surface area contributed by atoms with E-state index in [-0.39, 0.29) is 6.61 Å². The summed E-state index contributed by atoms with van der Waals surface area (Å²) in [5, 5.41) is 8.95. The Morgan fingerprint density at radius 1 is 1.29 bits per heavy atom. The number of rotatable bonds is 5. The molecule has 0 aliphatic carbocycles. The van der Waals surface area contributed by atoms with Crippen LogP contribution in [0.3, 0.4) is 0 Å². The third kappa shape index (κ3) is 2.85. The molecule has 4 nitrogen and oxygen atoms in total. The maximum Gasteiger partial charge on any atom is 0.297 e. The molecule has 0 saturated heterocycles. The third-order valence-electron chi connectivity index (χ3n) is 2.57. The molecule has 1 aromatic carbocycles. The Morgan fingerprint density at radius 2 is 2.06 bits per heavy atom. The first-order valence-electron chi connectivity index (χ1n) is 5.67. The van der Waals surface area contributed by atoms with E-state index in [0.29, 0.717) is 11.7 Å². The lowest BCUT2D eigenvalue weighted by molar-refractivity contribution is 0.276. The van der Waals surface area contributed by atoms with Crippen LogP contribution in [-0.2, 0) is 13.2 Å². The van der Waals surface area contributed by atoms with Crippen molar-refractivity contribution in [3.63, 3.8) is 0 Å². The fraction of sp³-hybridized carbons (Fsp3) is 0.308. The maximum absolute atomic E-state index is 8.95. The second kappa shape index (κ2) is 5.50. The van der Waals surface area contributed by atoms with Crippen molar-refractivity contribution in [1.29, 1.82) is 0 Å². The largest absolute Gasteiger partial charge is 0.432 e. The van der Waals surface area contributed by atoms with E-state index in [2.05, 4.69) is 17.1 Å². The lowest BCUT2D eigenvalue weighted by Gasteiger charge is -2.18. The highest BCUT2D eigenvalue weighted by Crippen LogP contribution is 2.16. The summed E-state index contributed by atoms with van der Waals surface area (Å²) in [6.45, 7) is 3.52. The van der Waals surface area contributed by atoms with E-state index in [1.165, 1.54) is 11.8 Å². The Bertz CT molecular complexity index is 453. The van der Waals surface area contributed by atoms with Crippen LogP contribution in [0, 0.1) is 0 Å². The number of hydrogen-bond acceptors (Lipinski definition) is 4. The molecular formula is C13H16N2O2. The highest BCUT2D eigenvalue weighted by atomic mass is 16.4. The fourth-order valence-electron chi connectivity index (χ4n) is 1.63. The first-order chi connectivity index (χ1) is 8.33. The van der Waals surface area contributed by atoms with E-state index in [4.69, 9.17) is 9.52 Å². The van der Waals surface area contributed by atoms with Gasteiger partial charge in [-0.2, -0.15) is 4.98 Å². The van der Waals surface area contributed by atoms with Crippen molar-refractivity contribution < 1.29 is 9.52 Å². The average molecular weight is 232 g/mol. The minimum Gasteiger partial charge on any atom is -0.432 e. The van der Waals surface area contributed by atoms with Crippen LogP contribution in [0.5, 0.6) is 0 Å². The molecular weight excluding hydrogens is 216 g/mol. The van der Waals surface area contributed by atoms with Gasteiger partial charge in [-0.15, -0.1) is 0 Å². The van der Waals surface area contributed by atoms with Gasteiger partial charge in [-0.25, -0.2) is 0 Å². The van der Waals surface area contributed by atoms with Gasteiger partial charge < -0.3 is 14.4 Å². The monoisotopic (exact) mass is 232 g/mol. The van der Waals surface area contributed by atoms with E-state index in [9.17, 15) is 0 Å². The molecule has 1 N–H and O–H groups in total. The van der Waals surface area contributed by atoms with Crippen molar-refractivity contribution in [2.75, 3.05) is 11.4 Å². The minimum absolute atomic E-state index is 0.0909. The van der Waals surface area contributed by atoms with Crippen LogP contribution in [0.2, 0.25) is 0 Å². The van der Waals surface area contributed by atoms with E-state index in [1.807, 2.05) is 30.0 Å². The number of nitrogens with zero attached hydrogens (tertiary/aromatic N) is 2. The standard InChI is InChI=1S/C13H16N2O2/c1-2-15(8-11-6-4-3-5-7-11)13-14-12(9-16)10-17-13/h3-7,10,16H,2,8-9H2,1H3. The molecule has 0 amide bonds. The summed E-state index contributed by atoms with van der Waals surface area (Å²) in [7, 11) is 0. The number of anilines is 1. The molecule has 0 spiro atoms. The number of hydrogen-bond donors (Lipinski definition) is 1. The lowest BCUT2D eigenvalue weighted by atomic mass is 10.2. The molecule has 1 aromatic heterocycles. The fourth-order valence-corrected chi connectivity index (χ4v) is 1.63. The number of aliphatic hydroxyl groups is 1. The number of benzene rings is 1. The van der Waals surface area contributed by atoms with E-state index < -0.39 is 0 Å². The molecule has 0 bridgehead atoms. The molecule has 0 aliphatic heterocycles. The molecule has 2 rings (SSSR count). The Kier molecular flexibility index (Phi) is 3.77. The third-order valence-corrected chi connectivity index (χ3v) is 2.57. The predicted molar refractivity (Wildman–Crippen MR) is 65.6 cm³/mol. The van der Waals surface area contributed by atoms with Gasteiger partial charge in [-0.1, -0.05) is 30.3 Å². The molecule has 0 fully saturated rings. The highest BCUT2D eigenvalue weighted by molar-refractivity contribution is 5.29. The van der Waals surface area contributed by atoms with Crippen molar-refractivity contribution in [2.24, 2.45) is 0 Å². The molecule has 90 valence electrons. The zero-order valence-electron chi connectivity index (χ0n) is 9.84. The number of oxazole rings is 1. The van der Waals surface area contributed by atoms with E-state index in [1.54, 1.807) is 0 Å². The first kappa shape index (κ1) is 11.7. The van der Waals surface area contributed by atoms with Crippen LogP contribution in [0.4, 0.5) is 6.01 Å². The van der Waals surface area contributed by atoms with Gasteiger partial charge in [0.1, 0.15) is 12.0 Å². The van der Waals surface area contributed by atoms with Gasteiger partial charge in [0.25, 0.3) is 6.01 Å². The van der Waals surface area contributed by atoms with Gasteiger partial charge in [0.15, 0.2) is 0 Å².